The number of rotatable bonds is 3. The molecule has 5 nitrogen and oxygen atoms in total. The van der Waals surface area contributed by atoms with E-state index < -0.39 is 11.8 Å². The Labute approximate surface area is 155 Å². The number of anilines is 2. The number of carbonyl (C=O) groups excluding carboxylic acids is 1. The number of fused-ring (bicyclic) bond motifs is 1. The van der Waals surface area contributed by atoms with Gasteiger partial charge in [-0.2, -0.15) is 0 Å². The van der Waals surface area contributed by atoms with Gasteiger partial charge in [-0.05, 0) is 48.9 Å². The first-order valence-corrected chi connectivity index (χ1v) is 8.47. The molecule has 2 heterocycles. The van der Waals surface area contributed by atoms with Gasteiger partial charge in [-0.25, -0.2) is 14.2 Å². The lowest BCUT2D eigenvalue weighted by Crippen LogP contribution is -2.19. The van der Waals surface area contributed by atoms with Crippen molar-refractivity contribution in [1.82, 2.24) is 9.38 Å². The van der Waals surface area contributed by atoms with E-state index in [0.717, 1.165) is 22.5 Å². The number of nitrogens with one attached hydrogen (secondary N) is 2. The van der Waals surface area contributed by atoms with Crippen molar-refractivity contribution < 1.29 is 9.18 Å². The van der Waals surface area contributed by atoms with E-state index in [1.54, 1.807) is 18.2 Å². The maximum absolute atomic E-state index is 13.2. The second-order valence-electron chi connectivity index (χ2n) is 6.22. The molecule has 0 aliphatic carbocycles. The average molecular weight is 360 g/mol. The lowest BCUT2D eigenvalue weighted by atomic mass is 10.1. The molecule has 2 aromatic heterocycles. The van der Waals surface area contributed by atoms with Crippen molar-refractivity contribution in [2.45, 2.75) is 6.92 Å². The summed E-state index contributed by atoms with van der Waals surface area (Å²) < 4.78 is 15.2. The van der Waals surface area contributed by atoms with E-state index in [-0.39, 0.29) is 0 Å². The van der Waals surface area contributed by atoms with Gasteiger partial charge in [0, 0.05) is 29.3 Å². The number of urea groups is 1. The van der Waals surface area contributed by atoms with Gasteiger partial charge in [-0.3, -0.25) is 0 Å². The predicted octanol–water partition coefficient (Wildman–Crippen LogP) is 5.09. The van der Waals surface area contributed by atoms with Crippen molar-refractivity contribution in [3.63, 3.8) is 0 Å². The molecule has 0 bridgehead atoms. The molecule has 0 unspecified atom stereocenters. The van der Waals surface area contributed by atoms with Crippen molar-refractivity contribution in [1.29, 1.82) is 0 Å². The third-order valence-electron chi connectivity index (χ3n) is 4.20. The van der Waals surface area contributed by atoms with Crippen LogP contribution in [0.15, 0.2) is 73.1 Å². The highest BCUT2D eigenvalue weighted by Crippen LogP contribution is 2.22. The number of hydrogen-bond donors (Lipinski definition) is 2. The Kier molecular flexibility index (Phi) is 4.30. The van der Waals surface area contributed by atoms with Gasteiger partial charge in [0.15, 0.2) is 0 Å². The zero-order valence-electron chi connectivity index (χ0n) is 14.6. The van der Waals surface area contributed by atoms with Crippen molar-refractivity contribution in [2.24, 2.45) is 0 Å². The summed E-state index contributed by atoms with van der Waals surface area (Å²) in [6.45, 7) is 2.02. The molecule has 0 fully saturated rings. The van der Waals surface area contributed by atoms with E-state index in [2.05, 4.69) is 15.6 Å². The topological polar surface area (TPSA) is 58.4 Å². The number of amides is 2. The number of aryl methyl sites for hydroxylation is 1. The monoisotopic (exact) mass is 360 g/mol. The fraction of sp³-hybridized carbons (Fsp3) is 0.0476. The molecule has 2 N–H and O–H groups in total. The summed E-state index contributed by atoms with van der Waals surface area (Å²) in [6, 6.07) is 16.7. The Balaban J connectivity index is 1.48. The summed E-state index contributed by atoms with van der Waals surface area (Å²) in [5, 5.41) is 5.32. The Morgan fingerprint density at radius 1 is 1.00 bits per heavy atom. The molecule has 0 aliphatic heterocycles. The second kappa shape index (κ2) is 6.92. The number of aromatic nitrogens is 2. The van der Waals surface area contributed by atoms with Crippen LogP contribution in [-0.4, -0.2) is 15.4 Å². The molecule has 134 valence electrons. The van der Waals surface area contributed by atoms with Gasteiger partial charge >= 0.3 is 6.03 Å². The summed E-state index contributed by atoms with van der Waals surface area (Å²) in [6.07, 6.45) is 3.94. The quantitative estimate of drug-likeness (QED) is 0.534. The first-order valence-electron chi connectivity index (χ1n) is 8.47. The molecule has 0 saturated heterocycles. The summed E-state index contributed by atoms with van der Waals surface area (Å²) in [4.78, 5) is 16.7. The molecule has 0 aliphatic rings. The minimum absolute atomic E-state index is 0.393. The normalized spacial score (nSPS) is 10.7. The van der Waals surface area contributed by atoms with Crippen molar-refractivity contribution in [2.75, 3.05) is 10.6 Å². The molecule has 6 heteroatoms. The van der Waals surface area contributed by atoms with E-state index in [0.29, 0.717) is 11.4 Å². The van der Waals surface area contributed by atoms with Crippen molar-refractivity contribution in [3.05, 3.63) is 84.4 Å². The van der Waals surface area contributed by atoms with Crippen LogP contribution >= 0.6 is 0 Å². The van der Waals surface area contributed by atoms with Crippen LogP contribution in [0.3, 0.4) is 0 Å². The van der Waals surface area contributed by atoms with Crippen LogP contribution in [0.2, 0.25) is 0 Å². The van der Waals surface area contributed by atoms with Crippen LogP contribution < -0.4 is 10.6 Å². The lowest BCUT2D eigenvalue weighted by molar-refractivity contribution is 0.262. The number of benzene rings is 2. The molecule has 0 spiro atoms. The SMILES string of the molecule is Cc1cccn2cc(-c3ccc(NC(=O)Nc4cccc(F)c4)cc3)nc12. The van der Waals surface area contributed by atoms with Gasteiger partial charge < -0.3 is 15.0 Å². The molecule has 2 aromatic carbocycles. The molecular formula is C21H17FN4O. The van der Waals surface area contributed by atoms with Crippen LogP contribution in [0, 0.1) is 12.7 Å². The second-order valence-corrected chi connectivity index (χ2v) is 6.22. The zero-order chi connectivity index (χ0) is 18.8. The Morgan fingerprint density at radius 2 is 1.78 bits per heavy atom. The summed E-state index contributed by atoms with van der Waals surface area (Å²) >= 11 is 0. The summed E-state index contributed by atoms with van der Waals surface area (Å²) in [5.74, 6) is -0.403. The highest BCUT2D eigenvalue weighted by molar-refractivity contribution is 5.99. The van der Waals surface area contributed by atoms with Gasteiger partial charge in [0.25, 0.3) is 0 Å². The number of halogens is 1. The predicted molar refractivity (Wildman–Crippen MR) is 104 cm³/mol. The summed E-state index contributed by atoms with van der Waals surface area (Å²) in [5.41, 5.74) is 4.87. The maximum Gasteiger partial charge on any atom is 0.323 e. The molecular weight excluding hydrogens is 343 g/mol. The highest BCUT2D eigenvalue weighted by atomic mass is 19.1. The van der Waals surface area contributed by atoms with Crippen LogP contribution in [0.25, 0.3) is 16.9 Å². The van der Waals surface area contributed by atoms with Gasteiger partial charge in [-0.15, -0.1) is 0 Å². The first kappa shape index (κ1) is 16.8. The van der Waals surface area contributed by atoms with Gasteiger partial charge in [0.1, 0.15) is 11.5 Å². The number of hydrogen-bond acceptors (Lipinski definition) is 2. The fourth-order valence-corrected chi connectivity index (χ4v) is 2.88. The van der Waals surface area contributed by atoms with Crippen LogP contribution in [0.1, 0.15) is 5.56 Å². The van der Waals surface area contributed by atoms with Crippen molar-refractivity contribution in [3.8, 4) is 11.3 Å². The smallest absolute Gasteiger partial charge is 0.308 e. The van der Waals surface area contributed by atoms with E-state index in [1.807, 2.05) is 48.0 Å². The number of imidazole rings is 1. The molecule has 2 amide bonds. The molecule has 4 aromatic rings. The number of pyridine rings is 1. The third kappa shape index (κ3) is 3.64. The Bertz CT molecular complexity index is 1120. The van der Waals surface area contributed by atoms with Crippen LogP contribution in [-0.2, 0) is 0 Å². The van der Waals surface area contributed by atoms with Gasteiger partial charge in [0.05, 0.1) is 5.69 Å². The largest absolute Gasteiger partial charge is 0.323 e. The van der Waals surface area contributed by atoms with Gasteiger partial charge in [-0.1, -0.05) is 24.3 Å². The Morgan fingerprint density at radius 3 is 2.52 bits per heavy atom. The molecule has 0 radical (unpaired) electrons. The average Bonchev–Trinajstić information content (AvgIpc) is 3.08. The fourth-order valence-electron chi connectivity index (χ4n) is 2.88. The van der Waals surface area contributed by atoms with Crippen LogP contribution in [0.5, 0.6) is 0 Å². The molecule has 27 heavy (non-hydrogen) atoms. The molecule has 0 saturated carbocycles. The minimum Gasteiger partial charge on any atom is -0.308 e. The van der Waals surface area contributed by atoms with Crippen LogP contribution in [0.4, 0.5) is 20.6 Å². The van der Waals surface area contributed by atoms with Gasteiger partial charge in [0.2, 0.25) is 0 Å². The first-order chi connectivity index (χ1) is 13.1. The highest BCUT2D eigenvalue weighted by Gasteiger charge is 2.07. The third-order valence-corrected chi connectivity index (χ3v) is 4.20. The zero-order valence-corrected chi connectivity index (χ0v) is 14.6. The van der Waals surface area contributed by atoms with Crippen molar-refractivity contribution >= 4 is 23.1 Å². The standard InChI is InChI=1S/C21H17FN4O/c1-14-4-3-11-26-13-19(25-20(14)26)15-7-9-17(10-8-15)23-21(27)24-18-6-2-5-16(22)12-18/h2-13H,1H3,(H2,23,24,27). The minimum atomic E-state index is -0.434. The number of nitrogens with zero attached hydrogens (tertiary/aromatic N) is 2. The summed E-state index contributed by atoms with van der Waals surface area (Å²) in [7, 11) is 0. The maximum atomic E-state index is 13.2. The molecule has 4 rings (SSSR count). The van der Waals surface area contributed by atoms with E-state index in [4.69, 9.17) is 0 Å². The Hall–Kier alpha value is -3.67. The van der Waals surface area contributed by atoms with E-state index in [1.165, 1.54) is 18.2 Å². The lowest BCUT2D eigenvalue weighted by Gasteiger charge is -2.08. The molecule has 0 atom stereocenters. The number of carbonyl (C=O) groups is 1. The van der Waals surface area contributed by atoms with E-state index >= 15 is 0 Å². The van der Waals surface area contributed by atoms with E-state index in [9.17, 15) is 9.18 Å².